The van der Waals surface area contributed by atoms with Crippen LogP contribution in [0, 0.1) is 0 Å². The fraction of sp³-hybridized carbons (Fsp3) is 0.471. The zero-order chi connectivity index (χ0) is 14.5. The van der Waals surface area contributed by atoms with Gasteiger partial charge in [-0.1, -0.05) is 30.4 Å². The van der Waals surface area contributed by atoms with E-state index in [0.717, 1.165) is 44.8 Å². The maximum absolute atomic E-state index is 12.2. The van der Waals surface area contributed by atoms with Gasteiger partial charge in [-0.25, -0.2) is 0 Å². The van der Waals surface area contributed by atoms with Gasteiger partial charge in [-0.05, 0) is 24.5 Å². The summed E-state index contributed by atoms with van der Waals surface area (Å²) in [5, 5.41) is 3.08. The molecule has 4 nitrogen and oxygen atoms in total. The van der Waals surface area contributed by atoms with Gasteiger partial charge in [-0.2, -0.15) is 0 Å². The highest BCUT2D eigenvalue weighted by atomic mass is 16.5. The summed E-state index contributed by atoms with van der Waals surface area (Å²) >= 11 is 0. The number of nitrogens with one attached hydrogen (secondary N) is 1. The molecule has 1 N–H and O–H groups in total. The quantitative estimate of drug-likeness (QED) is 0.864. The Morgan fingerprint density at radius 1 is 1.29 bits per heavy atom. The highest BCUT2D eigenvalue weighted by Crippen LogP contribution is 2.33. The van der Waals surface area contributed by atoms with Crippen LogP contribution in [0.25, 0.3) is 0 Å². The summed E-state index contributed by atoms with van der Waals surface area (Å²) in [5.74, 6) is 0.496. The van der Waals surface area contributed by atoms with Crippen LogP contribution in [0.15, 0.2) is 36.4 Å². The molecule has 0 radical (unpaired) electrons. The Hall–Kier alpha value is -1.65. The molecule has 1 aromatic rings. The van der Waals surface area contributed by atoms with Gasteiger partial charge >= 0.3 is 0 Å². The van der Waals surface area contributed by atoms with E-state index in [9.17, 15) is 4.79 Å². The van der Waals surface area contributed by atoms with E-state index in [-0.39, 0.29) is 5.91 Å². The van der Waals surface area contributed by atoms with Gasteiger partial charge in [-0.15, -0.1) is 0 Å². The second-order valence-corrected chi connectivity index (χ2v) is 5.64. The minimum atomic E-state index is 0.0614. The largest absolute Gasteiger partial charge is 0.379 e. The van der Waals surface area contributed by atoms with E-state index < -0.39 is 0 Å². The first-order valence-electron chi connectivity index (χ1n) is 7.68. The van der Waals surface area contributed by atoms with Crippen molar-refractivity contribution >= 4 is 11.6 Å². The molecule has 112 valence electrons. The number of allylic oxidation sites excluding steroid dienone is 2. The second-order valence-electron chi connectivity index (χ2n) is 5.64. The van der Waals surface area contributed by atoms with Crippen LogP contribution >= 0.6 is 0 Å². The predicted molar refractivity (Wildman–Crippen MR) is 83.4 cm³/mol. The number of morpholine rings is 1. The van der Waals surface area contributed by atoms with Crippen molar-refractivity contribution in [1.82, 2.24) is 4.90 Å². The average Bonchev–Trinajstić information content (AvgIpc) is 3.03. The zero-order valence-electron chi connectivity index (χ0n) is 12.3. The normalized spacial score (nSPS) is 22.4. The summed E-state index contributed by atoms with van der Waals surface area (Å²) in [6.45, 7) is 3.55. The lowest BCUT2D eigenvalue weighted by Gasteiger charge is -2.26. The fourth-order valence-electron chi connectivity index (χ4n) is 2.98. The molecule has 21 heavy (non-hydrogen) atoms. The van der Waals surface area contributed by atoms with Gasteiger partial charge in [0, 0.05) is 24.7 Å². The smallest absolute Gasteiger partial charge is 0.238 e. The Labute approximate surface area is 125 Å². The van der Waals surface area contributed by atoms with Crippen LogP contribution < -0.4 is 5.32 Å². The second kappa shape index (κ2) is 6.87. The summed E-state index contributed by atoms with van der Waals surface area (Å²) in [4.78, 5) is 14.4. The van der Waals surface area contributed by atoms with Crippen molar-refractivity contribution < 1.29 is 9.53 Å². The molecule has 0 spiro atoms. The van der Waals surface area contributed by atoms with Crippen LogP contribution in [0.4, 0.5) is 5.69 Å². The van der Waals surface area contributed by atoms with E-state index in [4.69, 9.17) is 4.74 Å². The third kappa shape index (κ3) is 3.71. The van der Waals surface area contributed by atoms with E-state index in [1.54, 1.807) is 0 Å². The van der Waals surface area contributed by atoms with Crippen molar-refractivity contribution in [3.05, 3.63) is 42.0 Å². The predicted octanol–water partition coefficient (Wildman–Crippen LogP) is 2.39. The number of benzene rings is 1. The Kier molecular flexibility index (Phi) is 4.68. The molecule has 1 amide bonds. The van der Waals surface area contributed by atoms with Gasteiger partial charge in [0.1, 0.15) is 0 Å². The molecule has 1 heterocycles. The first kappa shape index (κ1) is 14.3. The molecule has 3 rings (SSSR count). The molecule has 2 aliphatic rings. The van der Waals surface area contributed by atoms with Gasteiger partial charge < -0.3 is 10.1 Å². The van der Waals surface area contributed by atoms with E-state index >= 15 is 0 Å². The lowest BCUT2D eigenvalue weighted by molar-refractivity contribution is -0.118. The molecule has 1 unspecified atom stereocenters. The van der Waals surface area contributed by atoms with Gasteiger partial charge in [0.25, 0.3) is 0 Å². The highest BCUT2D eigenvalue weighted by molar-refractivity contribution is 5.93. The number of rotatable bonds is 4. The first-order chi connectivity index (χ1) is 10.3. The first-order valence-corrected chi connectivity index (χ1v) is 7.68. The number of ether oxygens (including phenoxy) is 1. The number of amides is 1. The maximum Gasteiger partial charge on any atom is 0.238 e. The Morgan fingerprint density at radius 3 is 2.86 bits per heavy atom. The molecular formula is C17H22N2O2. The molecule has 0 aromatic heterocycles. The van der Waals surface area contributed by atoms with Crippen molar-refractivity contribution in [2.45, 2.75) is 18.8 Å². The van der Waals surface area contributed by atoms with Crippen molar-refractivity contribution in [3.63, 3.8) is 0 Å². The molecule has 1 aliphatic carbocycles. The number of hydrogen-bond donors (Lipinski definition) is 1. The Morgan fingerprint density at radius 2 is 2.10 bits per heavy atom. The lowest BCUT2D eigenvalue weighted by atomic mass is 9.97. The Bertz CT molecular complexity index is 521. The topological polar surface area (TPSA) is 41.6 Å². The number of anilines is 1. The summed E-state index contributed by atoms with van der Waals surface area (Å²) in [6, 6.07) is 8.13. The van der Waals surface area contributed by atoms with E-state index in [1.807, 2.05) is 18.2 Å². The van der Waals surface area contributed by atoms with E-state index in [1.165, 1.54) is 5.56 Å². The minimum absolute atomic E-state index is 0.0614. The highest BCUT2D eigenvalue weighted by Gasteiger charge is 2.18. The minimum Gasteiger partial charge on any atom is -0.379 e. The van der Waals surface area contributed by atoms with Crippen LogP contribution in [-0.2, 0) is 9.53 Å². The van der Waals surface area contributed by atoms with Gasteiger partial charge in [0.15, 0.2) is 0 Å². The molecule has 1 atom stereocenters. The molecule has 1 fully saturated rings. The Balaban J connectivity index is 1.63. The number of nitrogens with zero attached hydrogens (tertiary/aromatic N) is 1. The number of para-hydroxylation sites is 1. The maximum atomic E-state index is 12.2. The standard InChI is InChI=1S/C17H22N2O2/c20-17(13-19-9-11-21-12-10-19)18-16-8-4-3-7-15(16)14-5-1-2-6-14/h1,3-5,7-8,14H,2,6,9-13H2,(H,18,20). The van der Waals surface area contributed by atoms with Crippen LogP contribution in [0.2, 0.25) is 0 Å². The number of carbonyl (C=O) groups is 1. The summed E-state index contributed by atoms with van der Waals surface area (Å²) < 4.78 is 5.31. The third-order valence-corrected chi connectivity index (χ3v) is 4.12. The number of carbonyl (C=O) groups excluding carboxylic acids is 1. The van der Waals surface area contributed by atoms with Crippen molar-refractivity contribution in [2.24, 2.45) is 0 Å². The molecule has 0 saturated carbocycles. The fourth-order valence-corrected chi connectivity index (χ4v) is 2.98. The van der Waals surface area contributed by atoms with Gasteiger partial charge in [0.2, 0.25) is 5.91 Å². The molecule has 1 aromatic carbocycles. The molecular weight excluding hydrogens is 264 g/mol. The monoisotopic (exact) mass is 286 g/mol. The number of hydrogen-bond acceptors (Lipinski definition) is 3. The molecule has 0 bridgehead atoms. The van der Waals surface area contributed by atoms with E-state index in [0.29, 0.717) is 12.5 Å². The van der Waals surface area contributed by atoms with Crippen LogP contribution in [-0.4, -0.2) is 43.7 Å². The molecule has 1 aliphatic heterocycles. The van der Waals surface area contributed by atoms with Crippen molar-refractivity contribution in [2.75, 3.05) is 38.2 Å². The van der Waals surface area contributed by atoms with Crippen LogP contribution in [0.1, 0.15) is 24.3 Å². The molecule has 4 heteroatoms. The third-order valence-electron chi connectivity index (χ3n) is 4.12. The summed E-state index contributed by atoms with van der Waals surface area (Å²) in [6.07, 6.45) is 6.72. The lowest BCUT2D eigenvalue weighted by Crippen LogP contribution is -2.41. The summed E-state index contributed by atoms with van der Waals surface area (Å²) in [5.41, 5.74) is 2.17. The SMILES string of the molecule is O=C(CN1CCOCC1)Nc1ccccc1C1C=CCC1. The molecule has 1 saturated heterocycles. The average molecular weight is 286 g/mol. The van der Waals surface area contributed by atoms with Crippen LogP contribution in [0.3, 0.4) is 0 Å². The zero-order valence-corrected chi connectivity index (χ0v) is 12.3. The van der Waals surface area contributed by atoms with Crippen LogP contribution in [0.5, 0.6) is 0 Å². The van der Waals surface area contributed by atoms with E-state index in [2.05, 4.69) is 28.4 Å². The van der Waals surface area contributed by atoms with Gasteiger partial charge in [0.05, 0.1) is 19.8 Å². The van der Waals surface area contributed by atoms with Crippen molar-refractivity contribution in [3.8, 4) is 0 Å². The summed E-state index contributed by atoms with van der Waals surface area (Å²) in [7, 11) is 0. The van der Waals surface area contributed by atoms with Gasteiger partial charge in [-0.3, -0.25) is 9.69 Å². The van der Waals surface area contributed by atoms with Crippen molar-refractivity contribution in [1.29, 1.82) is 0 Å².